The van der Waals surface area contributed by atoms with Crippen molar-refractivity contribution in [3.63, 3.8) is 0 Å². The fourth-order valence-corrected chi connectivity index (χ4v) is 2.38. The lowest BCUT2D eigenvalue weighted by atomic mass is 10.1. The number of aliphatic hydroxyl groups is 1. The van der Waals surface area contributed by atoms with Crippen molar-refractivity contribution in [1.29, 1.82) is 0 Å². The molecule has 0 fully saturated rings. The third-order valence-electron chi connectivity index (χ3n) is 3.53. The molecule has 2 aromatic rings. The molecule has 5 nitrogen and oxygen atoms in total. The van der Waals surface area contributed by atoms with Gasteiger partial charge in [0, 0.05) is 30.2 Å². The lowest BCUT2D eigenvalue weighted by molar-refractivity contribution is 0.160. The molecular formula is C16H22FN3O2. The molecule has 2 rings (SSSR count). The van der Waals surface area contributed by atoms with Crippen molar-refractivity contribution in [3.8, 4) is 0 Å². The molecule has 1 aromatic carbocycles. The molecule has 1 heterocycles. The van der Waals surface area contributed by atoms with Crippen LogP contribution in [0.4, 0.5) is 9.18 Å². The van der Waals surface area contributed by atoms with Crippen LogP contribution in [0, 0.1) is 5.82 Å². The number of rotatable bonds is 7. The van der Waals surface area contributed by atoms with E-state index in [-0.39, 0.29) is 18.4 Å². The first kappa shape index (κ1) is 16.3. The molecule has 0 aliphatic heterocycles. The quantitative estimate of drug-likeness (QED) is 0.633. The zero-order chi connectivity index (χ0) is 15.9. The van der Waals surface area contributed by atoms with Gasteiger partial charge >= 0.3 is 6.03 Å². The van der Waals surface area contributed by atoms with Crippen LogP contribution in [0.15, 0.2) is 24.4 Å². The Balaban J connectivity index is 1.77. The molecule has 0 aliphatic rings. The zero-order valence-electron chi connectivity index (χ0n) is 12.7. The highest BCUT2D eigenvalue weighted by Gasteiger charge is 2.07. The summed E-state index contributed by atoms with van der Waals surface area (Å²) >= 11 is 0. The Morgan fingerprint density at radius 3 is 3.00 bits per heavy atom. The molecule has 0 saturated heterocycles. The van der Waals surface area contributed by atoms with Gasteiger partial charge in [0.2, 0.25) is 0 Å². The summed E-state index contributed by atoms with van der Waals surface area (Å²) in [6.45, 7) is 2.71. The first-order chi connectivity index (χ1) is 10.6. The number of halogens is 1. The van der Waals surface area contributed by atoms with Gasteiger partial charge in [-0.2, -0.15) is 0 Å². The van der Waals surface area contributed by atoms with Gasteiger partial charge < -0.3 is 20.7 Å². The van der Waals surface area contributed by atoms with Gasteiger partial charge in [0.1, 0.15) is 5.82 Å². The van der Waals surface area contributed by atoms with Crippen LogP contribution in [-0.2, 0) is 6.42 Å². The molecule has 120 valence electrons. The van der Waals surface area contributed by atoms with Crippen LogP contribution in [0.2, 0.25) is 0 Å². The molecule has 1 aromatic heterocycles. The summed E-state index contributed by atoms with van der Waals surface area (Å²) in [4.78, 5) is 14.6. The summed E-state index contributed by atoms with van der Waals surface area (Å²) in [6, 6.07) is 4.32. The van der Waals surface area contributed by atoms with E-state index < -0.39 is 6.10 Å². The minimum atomic E-state index is -0.501. The van der Waals surface area contributed by atoms with Gasteiger partial charge in [-0.15, -0.1) is 0 Å². The second kappa shape index (κ2) is 7.79. The summed E-state index contributed by atoms with van der Waals surface area (Å²) in [5, 5.41) is 15.9. The first-order valence-corrected chi connectivity index (χ1v) is 7.55. The van der Waals surface area contributed by atoms with Gasteiger partial charge in [-0.1, -0.05) is 13.3 Å². The third-order valence-corrected chi connectivity index (χ3v) is 3.53. The Labute approximate surface area is 128 Å². The zero-order valence-corrected chi connectivity index (χ0v) is 12.7. The summed E-state index contributed by atoms with van der Waals surface area (Å²) in [6.07, 6.45) is 3.53. The van der Waals surface area contributed by atoms with E-state index in [2.05, 4.69) is 15.6 Å². The lowest BCUT2D eigenvalue weighted by Gasteiger charge is -2.11. The molecule has 4 N–H and O–H groups in total. The lowest BCUT2D eigenvalue weighted by Crippen LogP contribution is -2.40. The number of hydrogen-bond donors (Lipinski definition) is 4. The number of H-pyrrole nitrogens is 1. The maximum Gasteiger partial charge on any atom is 0.314 e. The smallest absolute Gasteiger partial charge is 0.314 e. The largest absolute Gasteiger partial charge is 0.391 e. The maximum atomic E-state index is 13.1. The topological polar surface area (TPSA) is 77.2 Å². The van der Waals surface area contributed by atoms with Crippen LogP contribution < -0.4 is 10.6 Å². The number of fused-ring (bicyclic) bond motifs is 1. The van der Waals surface area contributed by atoms with Crippen molar-refractivity contribution in [2.75, 3.05) is 13.1 Å². The highest BCUT2D eigenvalue weighted by molar-refractivity contribution is 5.83. The standard InChI is InChI=1S/C16H22FN3O2/c1-2-3-13(21)10-20-16(22)18-7-6-11-9-19-15-8-12(17)4-5-14(11)15/h4-5,8-9,13,19,21H,2-3,6-7,10H2,1H3,(H2,18,20,22). The molecule has 22 heavy (non-hydrogen) atoms. The van der Waals surface area contributed by atoms with E-state index in [4.69, 9.17) is 0 Å². The van der Waals surface area contributed by atoms with Crippen LogP contribution in [0.1, 0.15) is 25.3 Å². The van der Waals surface area contributed by atoms with E-state index in [1.807, 2.05) is 13.1 Å². The van der Waals surface area contributed by atoms with Crippen LogP contribution in [0.25, 0.3) is 10.9 Å². The van der Waals surface area contributed by atoms with Gasteiger partial charge in [-0.25, -0.2) is 9.18 Å². The van der Waals surface area contributed by atoms with E-state index in [0.717, 1.165) is 22.9 Å². The fourth-order valence-electron chi connectivity index (χ4n) is 2.38. The van der Waals surface area contributed by atoms with E-state index in [0.29, 0.717) is 19.4 Å². The highest BCUT2D eigenvalue weighted by Crippen LogP contribution is 2.19. The van der Waals surface area contributed by atoms with Crippen LogP contribution in [-0.4, -0.2) is 35.3 Å². The Morgan fingerprint density at radius 1 is 1.41 bits per heavy atom. The SMILES string of the molecule is CCCC(O)CNC(=O)NCCc1c[nH]c2cc(F)ccc12. The molecular weight excluding hydrogens is 285 g/mol. The van der Waals surface area contributed by atoms with Gasteiger partial charge in [0.05, 0.1) is 6.10 Å². The number of carbonyl (C=O) groups is 1. The second-order valence-corrected chi connectivity index (χ2v) is 5.33. The summed E-state index contributed by atoms with van der Waals surface area (Å²) in [7, 11) is 0. The van der Waals surface area contributed by atoms with E-state index >= 15 is 0 Å². The molecule has 2 amide bonds. The molecule has 0 saturated carbocycles. The molecule has 1 atom stereocenters. The molecule has 0 radical (unpaired) electrons. The van der Waals surface area contributed by atoms with Crippen molar-refractivity contribution in [3.05, 3.63) is 35.8 Å². The van der Waals surface area contributed by atoms with Crippen molar-refractivity contribution in [2.45, 2.75) is 32.3 Å². The average molecular weight is 307 g/mol. The number of urea groups is 1. The average Bonchev–Trinajstić information content (AvgIpc) is 2.88. The second-order valence-electron chi connectivity index (χ2n) is 5.33. The number of hydrogen-bond acceptors (Lipinski definition) is 2. The first-order valence-electron chi connectivity index (χ1n) is 7.55. The number of amides is 2. The van der Waals surface area contributed by atoms with Crippen molar-refractivity contribution in [2.24, 2.45) is 0 Å². The van der Waals surface area contributed by atoms with Gasteiger partial charge in [-0.3, -0.25) is 0 Å². The van der Waals surface area contributed by atoms with Crippen molar-refractivity contribution >= 4 is 16.9 Å². The molecule has 6 heteroatoms. The van der Waals surface area contributed by atoms with Crippen molar-refractivity contribution < 1.29 is 14.3 Å². The van der Waals surface area contributed by atoms with Gasteiger partial charge in [0.25, 0.3) is 0 Å². The molecule has 0 spiro atoms. The normalized spacial score (nSPS) is 12.3. The van der Waals surface area contributed by atoms with Gasteiger partial charge in [-0.05, 0) is 36.6 Å². The Kier molecular flexibility index (Phi) is 5.77. The summed E-state index contributed by atoms with van der Waals surface area (Å²) in [5.41, 5.74) is 1.78. The Hall–Kier alpha value is -2.08. The van der Waals surface area contributed by atoms with E-state index in [1.54, 1.807) is 6.07 Å². The third kappa shape index (κ3) is 4.46. The predicted octanol–water partition coefficient (Wildman–Crippen LogP) is 2.31. The number of carbonyl (C=O) groups excluding carboxylic acids is 1. The van der Waals surface area contributed by atoms with Crippen LogP contribution in [0.3, 0.4) is 0 Å². The van der Waals surface area contributed by atoms with E-state index in [1.165, 1.54) is 12.1 Å². The molecule has 0 aliphatic carbocycles. The van der Waals surface area contributed by atoms with E-state index in [9.17, 15) is 14.3 Å². The minimum absolute atomic E-state index is 0.256. The number of aliphatic hydroxyl groups excluding tert-OH is 1. The minimum Gasteiger partial charge on any atom is -0.391 e. The molecule has 0 bridgehead atoms. The van der Waals surface area contributed by atoms with Crippen molar-refractivity contribution in [1.82, 2.24) is 15.6 Å². The molecule has 1 unspecified atom stereocenters. The fraction of sp³-hybridized carbons (Fsp3) is 0.438. The Bertz CT molecular complexity index is 627. The van der Waals surface area contributed by atoms with Crippen LogP contribution >= 0.6 is 0 Å². The number of benzene rings is 1. The highest BCUT2D eigenvalue weighted by atomic mass is 19.1. The summed E-state index contributed by atoms with van der Waals surface area (Å²) in [5.74, 6) is -0.274. The van der Waals surface area contributed by atoms with Gasteiger partial charge in [0.15, 0.2) is 0 Å². The number of aromatic nitrogens is 1. The Morgan fingerprint density at radius 2 is 2.23 bits per heavy atom. The maximum absolute atomic E-state index is 13.1. The monoisotopic (exact) mass is 307 g/mol. The van der Waals surface area contributed by atoms with Crippen LogP contribution in [0.5, 0.6) is 0 Å². The number of aromatic amines is 1. The predicted molar refractivity (Wildman–Crippen MR) is 84.3 cm³/mol. The summed E-state index contributed by atoms with van der Waals surface area (Å²) < 4.78 is 13.1. The number of nitrogens with one attached hydrogen (secondary N) is 3.